The lowest BCUT2D eigenvalue weighted by Crippen LogP contribution is -1.97. The molecule has 12 heavy (non-hydrogen) atoms. The van der Waals surface area contributed by atoms with Gasteiger partial charge in [-0.3, -0.25) is 0 Å². The normalized spacial score (nSPS) is 10.3. The zero-order valence-corrected chi connectivity index (χ0v) is 7.17. The summed E-state index contributed by atoms with van der Waals surface area (Å²) in [4.78, 5) is 10.0. The zero-order chi connectivity index (χ0) is 8.81. The van der Waals surface area contributed by atoms with E-state index in [0.717, 1.165) is 11.8 Å². The summed E-state index contributed by atoms with van der Waals surface area (Å²) in [6.45, 7) is 0.545. The molecule has 0 aliphatic heterocycles. The lowest BCUT2D eigenvalue weighted by Gasteiger charge is -1.96. The van der Waals surface area contributed by atoms with Crippen LogP contribution in [-0.2, 0) is 4.79 Å². The molecule has 1 aromatic heterocycles. The Bertz CT molecular complexity index is 267. The minimum atomic E-state index is -0.915. The second kappa shape index (κ2) is 4.56. The molecule has 0 bridgehead atoms. The summed E-state index contributed by atoms with van der Waals surface area (Å²) in [5, 5.41) is 15.2. The smallest absolute Gasteiger partial charge is 0.328 e. The molecule has 0 amide bonds. The van der Waals surface area contributed by atoms with Crippen molar-refractivity contribution in [1.29, 1.82) is 0 Å². The number of thiophene rings is 1. The first-order chi connectivity index (χ1) is 5.79. The van der Waals surface area contributed by atoms with Gasteiger partial charge in [-0.15, -0.1) is 0 Å². The van der Waals surface area contributed by atoms with E-state index >= 15 is 0 Å². The van der Waals surface area contributed by atoms with Gasteiger partial charge in [0.15, 0.2) is 0 Å². The predicted molar refractivity (Wildman–Crippen MR) is 49.6 cm³/mol. The summed E-state index contributed by atoms with van der Waals surface area (Å²) in [7, 11) is 0. The minimum absolute atomic E-state index is 0.545. The number of hydrogen-bond acceptors (Lipinski definition) is 3. The minimum Gasteiger partial charge on any atom is -0.478 e. The molecule has 0 radical (unpaired) electrons. The van der Waals surface area contributed by atoms with Crippen LogP contribution in [0.15, 0.2) is 29.0 Å². The van der Waals surface area contributed by atoms with Gasteiger partial charge >= 0.3 is 5.97 Å². The molecule has 0 aromatic carbocycles. The van der Waals surface area contributed by atoms with Crippen LogP contribution in [0.4, 0.5) is 5.69 Å². The van der Waals surface area contributed by atoms with E-state index in [1.54, 1.807) is 17.4 Å². The topological polar surface area (TPSA) is 49.3 Å². The average Bonchev–Trinajstić information content (AvgIpc) is 2.49. The van der Waals surface area contributed by atoms with Crippen LogP contribution in [0.2, 0.25) is 0 Å². The van der Waals surface area contributed by atoms with E-state index in [-0.39, 0.29) is 0 Å². The van der Waals surface area contributed by atoms with Crippen LogP contribution in [0, 0.1) is 0 Å². The van der Waals surface area contributed by atoms with Gasteiger partial charge in [-0.2, -0.15) is 11.3 Å². The highest BCUT2D eigenvalue weighted by Crippen LogP contribution is 2.10. The highest BCUT2D eigenvalue weighted by molar-refractivity contribution is 7.08. The van der Waals surface area contributed by atoms with Gasteiger partial charge in [0.2, 0.25) is 0 Å². The fourth-order valence-corrected chi connectivity index (χ4v) is 1.31. The maximum absolute atomic E-state index is 10.0. The standard InChI is InChI=1S/C8H9NO2S/c10-8(11)2-1-4-9-7-3-5-12-6-7/h1-3,5-6,9H,4H2,(H,10,11)/b2-1+. The molecule has 2 N–H and O–H groups in total. The summed E-state index contributed by atoms with van der Waals surface area (Å²) in [5.74, 6) is -0.915. The van der Waals surface area contributed by atoms with Crippen molar-refractivity contribution in [3.8, 4) is 0 Å². The van der Waals surface area contributed by atoms with Crippen LogP contribution in [0.5, 0.6) is 0 Å². The number of hydrogen-bond donors (Lipinski definition) is 2. The van der Waals surface area contributed by atoms with Gasteiger partial charge in [-0.25, -0.2) is 4.79 Å². The Balaban J connectivity index is 2.23. The van der Waals surface area contributed by atoms with E-state index in [1.165, 1.54) is 0 Å². The number of anilines is 1. The second-order valence-electron chi connectivity index (χ2n) is 2.13. The molecular formula is C8H9NO2S. The van der Waals surface area contributed by atoms with Gasteiger partial charge in [0.25, 0.3) is 0 Å². The predicted octanol–water partition coefficient (Wildman–Crippen LogP) is 1.80. The average molecular weight is 183 g/mol. The molecule has 0 saturated carbocycles. The van der Waals surface area contributed by atoms with E-state index in [2.05, 4.69) is 5.32 Å². The van der Waals surface area contributed by atoms with Gasteiger partial charge in [0, 0.05) is 23.7 Å². The molecule has 3 nitrogen and oxygen atoms in total. The van der Waals surface area contributed by atoms with Crippen LogP contribution in [0.25, 0.3) is 0 Å². The first-order valence-corrected chi connectivity index (χ1v) is 4.39. The molecule has 0 aliphatic rings. The molecule has 0 unspecified atom stereocenters. The SMILES string of the molecule is O=C(O)/C=C/CNc1ccsc1. The molecule has 0 aliphatic carbocycles. The summed E-state index contributed by atoms with van der Waals surface area (Å²) < 4.78 is 0. The number of rotatable bonds is 4. The van der Waals surface area contributed by atoms with Gasteiger partial charge < -0.3 is 10.4 Å². The Morgan fingerprint density at radius 3 is 3.17 bits per heavy atom. The number of carbonyl (C=O) groups is 1. The fraction of sp³-hybridized carbons (Fsp3) is 0.125. The van der Waals surface area contributed by atoms with Gasteiger partial charge in [0.05, 0.1) is 0 Å². The van der Waals surface area contributed by atoms with Crippen LogP contribution >= 0.6 is 11.3 Å². The molecular weight excluding hydrogens is 174 g/mol. The lowest BCUT2D eigenvalue weighted by atomic mass is 10.4. The molecule has 1 rings (SSSR count). The Kier molecular flexibility index (Phi) is 3.35. The van der Waals surface area contributed by atoms with Crippen LogP contribution in [0.1, 0.15) is 0 Å². The molecule has 1 heterocycles. The lowest BCUT2D eigenvalue weighted by molar-refractivity contribution is -0.131. The van der Waals surface area contributed by atoms with Crippen LogP contribution in [-0.4, -0.2) is 17.6 Å². The van der Waals surface area contributed by atoms with E-state index in [1.807, 2.05) is 16.8 Å². The third-order valence-corrected chi connectivity index (χ3v) is 1.89. The summed E-state index contributed by atoms with van der Waals surface area (Å²) >= 11 is 1.60. The summed E-state index contributed by atoms with van der Waals surface area (Å²) in [5.41, 5.74) is 1.02. The second-order valence-corrected chi connectivity index (χ2v) is 2.91. The van der Waals surface area contributed by atoms with E-state index in [9.17, 15) is 4.79 Å². The molecule has 0 saturated heterocycles. The number of carboxylic acid groups (broad SMARTS) is 1. The molecule has 4 heteroatoms. The Morgan fingerprint density at radius 1 is 1.75 bits per heavy atom. The monoisotopic (exact) mass is 183 g/mol. The molecule has 64 valence electrons. The van der Waals surface area contributed by atoms with Gasteiger partial charge in [-0.05, 0) is 11.4 Å². The van der Waals surface area contributed by atoms with Crippen molar-refractivity contribution < 1.29 is 9.90 Å². The van der Waals surface area contributed by atoms with Gasteiger partial charge in [-0.1, -0.05) is 6.08 Å². The summed E-state index contributed by atoms with van der Waals surface area (Å²) in [6.07, 6.45) is 2.69. The molecule has 0 spiro atoms. The number of nitrogens with one attached hydrogen (secondary N) is 1. The third-order valence-electron chi connectivity index (χ3n) is 1.21. The first-order valence-electron chi connectivity index (χ1n) is 3.44. The molecule has 0 fully saturated rings. The van der Waals surface area contributed by atoms with E-state index < -0.39 is 5.97 Å². The highest BCUT2D eigenvalue weighted by atomic mass is 32.1. The van der Waals surface area contributed by atoms with Crippen LogP contribution < -0.4 is 5.32 Å². The molecule has 1 aromatic rings. The number of aliphatic carboxylic acids is 1. The molecule has 0 atom stereocenters. The fourth-order valence-electron chi connectivity index (χ4n) is 0.702. The van der Waals surface area contributed by atoms with Crippen molar-refractivity contribution in [2.24, 2.45) is 0 Å². The maximum atomic E-state index is 10.0. The Morgan fingerprint density at radius 2 is 2.58 bits per heavy atom. The van der Waals surface area contributed by atoms with Crippen molar-refractivity contribution in [1.82, 2.24) is 0 Å². The quantitative estimate of drug-likeness (QED) is 0.700. The largest absolute Gasteiger partial charge is 0.478 e. The zero-order valence-electron chi connectivity index (χ0n) is 6.36. The Hall–Kier alpha value is -1.29. The van der Waals surface area contributed by atoms with Crippen molar-refractivity contribution in [2.75, 3.05) is 11.9 Å². The summed E-state index contributed by atoms with van der Waals surface area (Å²) in [6, 6.07) is 1.94. The van der Waals surface area contributed by atoms with E-state index in [4.69, 9.17) is 5.11 Å². The van der Waals surface area contributed by atoms with Crippen LogP contribution in [0.3, 0.4) is 0 Å². The maximum Gasteiger partial charge on any atom is 0.328 e. The van der Waals surface area contributed by atoms with Crippen molar-refractivity contribution in [3.63, 3.8) is 0 Å². The van der Waals surface area contributed by atoms with Crippen molar-refractivity contribution in [3.05, 3.63) is 29.0 Å². The van der Waals surface area contributed by atoms with Crippen molar-refractivity contribution in [2.45, 2.75) is 0 Å². The Labute approximate surface area is 74.3 Å². The van der Waals surface area contributed by atoms with E-state index in [0.29, 0.717) is 6.54 Å². The van der Waals surface area contributed by atoms with Crippen molar-refractivity contribution >= 4 is 23.0 Å². The first kappa shape index (κ1) is 8.80. The highest BCUT2D eigenvalue weighted by Gasteiger charge is 1.88. The number of carboxylic acids is 1. The third kappa shape index (κ3) is 3.21. The van der Waals surface area contributed by atoms with Gasteiger partial charge in [0.1, 0.15) is 0 Å².